The average molecular weight is 233 g/mol. The molecule has 1 aromatic rings. The second-order valence-electron chi connectivity index (χ2n) is 4.72. The van der Waals surface area contributed by atoms with Gasteiger partial charge in [0.15, 0.2) is 0 Å². The lowest BCUT2D eigenvalue weighted by Crippen LogP contribution is -2.16. The van der Waals surface area contributed by atoms with Crippen molar-refractivity contribution in [3.05, 3.63) is 29.8 Å². The van der Waals surface area contributed by atoms with Crippen molar-refractivity contribution >= 4 is 11.7 Å². The highest BCUT2D eigenvalue weighted by molar-refractivity contribution is 5.72. The van der Waals surface area contributed by atoms with Crippen molar-refractivity contribution in [1.82, 2.24) is 0 Å². The summed E-state index contributed by atoms with van der Waals surface area (Å²) in [7, 11) is 0. The third-order valence-electron chi connectivity index (χ3n) is 3.34. The van der Waals surface area contributed by atoms with E-state index in [0.717, 1.165) is 17.9 Å². The highest BCUT2D eigenvalue weighted by Crippen LogP contribution is 2.29. The van der Waals surface area contributed by atoms with E-state index >= 15 is 0 Å². The second-order valence-corrected chi connectivity index (χ2v) is 4.72. The molecular formula is C14H19NO2. The number of esters is 1. The number of carbonyl (C=O) groups excluding carboxylic acids is 1. The molecule has 0 aliphatic heterocycles. The fourth-order valence-corrected chi connectivity index (χ4v) is 1.97. The summed E-state index contributed by atoms with van der Waals surface area (Å²) in [6, 6.07) is 7.33. The molecule has 0 radical (unpaired) electrons. The van der Waals surface area contributed by atoms with Crippen LogP contribution in [0.3, 0.4) is 0 Å². The Morgan fingerprint density at radius 1 is 1.29 bits per heavy atom. The lowest BCUT2D eigenvalue weighted by atomic mass is 9.83. The maximum Gasteiger partial charge on any atom is 0.310 e. The molecule has 3 heteroatoms. The largest absolute Gasteiger partial charge is 0.465 e. The van der Waals surface area contributed by atoms with Crippen LogP contribution in [-0.2, 0) is 16.0 Å². The van der Waals surface area contributed by atoms with Crippen LogP contribution in [0.4, 0.5) is 5.69 Å². The van der Waals surface area contributed by atoms with Crippen LogP contribution in [0.2, 0.25) is 0 Å². The molecular weight excluding hydrogens is 214 g/mol. The first-order valence-corrected chi connectivity index (χ1v) is 6.24. The van der Waals surface area contributed by atoms with E-state index in [4.69, 9.17) is 10.5 Å². The molecule has 1 aliphatic rings. The Kier molecular flexibility index (Phi) is 4.02. The van der Waals surface area contributed by atoms with E-state index < -0.39 is 0 Å². The van der Waals surface area contributed by atoms with E-state index in [1.54, 1.807) is 12.1 Å². The van der Waals surface area contributed by atoms with Crippen molar-refractivity contribution in [1.29, 1.82) is 0 Å². The summed E-state index contributed by atoms with van der Waals surface area (Å²) < 4.78 is 5.21. The normalized spacial score (nSPS) is 15.3. The van der Waals surface area contributed by atoms with E-state index in [-0.39, 0.29) is 5.97 Å². The first kappa shape index (κ1) is 12.0. The SMILES string of the molecule is Nc1ccc(CC(=O)OCCC2CCC2)cc1. The number of rotatable bonds is 5. The van der Waals surface area contributed by atoms with E-state index in [1.807, 2.05) is 12.1 Å². The Morgan fingerprint density at radius 2 is 2.00 bits per heavy atom. The minimum atomic E-state index is -0.144. The van der Waals surface area contributed by atoms with Gasteiger partial charge in [-0.1, -0.05) is 31.4 Å². The maximum absolute atomic E-state index is 11.5. The van der Waals surface area contributed by atoms with Gasteiger partial charge < -0.3 is 10.5 Å². The summed E-state index contributed by atoms with van der Waals surface area (Å²) in [5, 5.41) is 0. The van der Waals surface area contributed by atoms with Crippen molar-refractivity contribution in [3.8, 4) is 0 Å². The van der Waals surface area contributed by atoms with Crippen molar-refractivity contribution in [2.24, 2.45) is 5.92 Å². The van der Waals surface area contributed by atoms with Gasteiger partial charge in [-0.05, 0) is 30.0 Å². The highest BCUT2D eigenvalue weighted by Gasteiger charge is 2.17. The minimum Gasteiger partial charge on any atom is -0.465 e. The van der Waals surface area contributed by atoms with Gasteiger partial charge >= 0.3 is 5.97 Å². The Morgan fingerprint density at radius 3 is 2.59 bits per heavy atom. The Labute approximate surface area is 102 Å². The molecule has 1 aromatic carbocycles. The minimum absolute atomic E-state index is 0.144. The predicted octanol–water partition coefficient (Wildman–Crippen LogP) is 2.54. The molecule has 0 aromatic heterocycles. The Balaban J connectivity index is 1.67. The molecule has 0 amide bonds. The van der Waals surface area contributed by atoms with E-state index in [0.29, 0.717) is 18.7 Å². The molecule has 2 N–H and O–H groups in total. The highest BCUT2D eigenvalue weighted by atomic mass is 16.5. The van der Waals surface area contributed by atoms with Crippen LogP contribution in [0.1, 0.15) is 31.2 Å². The molecule has 1 aliphatic carbocycles. The van der Waals surface area contributed by atoms with Gasteiger partial charge in [0.1, 0.15) is 0 Å². The molecule has 0 spiro atoms. The monoisotopic (exact) mass is 233 g/mol. The van der Waals surface area contributed by atoms with Crippen LogP contribution in [0.5, 0.6) is 0 Å². The average Bonchev–Trinajstić information content (AvgIpc) is 2.25. The lowest BCUT2D eigenvalue weighted by molar-refractivity contribution is -0.143. The number of anilines is 1. The van der Waals surface area contributed by atoms with Crippen LogP contribution in [0.25, 0.3) is 0 Å². The third-order valence-corrected chi connectivity index (χ3v) is 3.34. The van der Waals surface area contributed by atoms with Gasteiger partial charge in [-0.2, -0.15) is 0 Å². The van der Waals surface area contributed by atoms with E-state index in [9.17, 15) is 4.79 Å². The van der Waals surface area contributed by atoms with Crippen molar-refractivity contribution < 1.29 is 9.53 Å². The number of hydrogen-bond acceptors (Lipinski definition) is 3. The number of ether oxygens (including phenoxy) is 1. The quantitative estimate of drug-likeness (QED) is 0.628. The van der Waals surface area contributed by atoms with Crippen LogP contribution >= 0.6 is 0 Å². The zero-order valence-corrected chi connectivity index (χ0v) is 10.0. The molecule has 1 saturated carbocycles. The van der Waals surface area contributed by atoms with Crippen LogP contribution < -0.4 is 5.73 Å². The number of benzene rings is 1. The van der Waals surface area contributed by atoms with Crippen molar-refractivity contribution in [3.63, 3.8) is 0 Å². The lowest BCUT2D eigenvalue weighted by Gasteiger charge is -2.24. The van der Waals surface area contributed by atoms with Crippen molar-refractivity contribution in [2.45, 2.75) is 32.1 Å². The van der Waals surface area contributed by atoms with Gasteiger partial charge in [-0.3, -0.25) is 4.79 Å². The fraction of sp³-hybridized carbons (Fsp3) is 0.500. The Bertz CT molecular complexity index is 368. The number of nitrogen functional groups attached to an aromatic ring is 1. The zero-order chi connectivity index (χ0) is 12.1. The van der Waals surface area contributed by atoms with Gasteiger partial charge in [0.25, 0.3) is 0 Å². The fourth-order valence-electron chi connectivity index (χ4n) is 1.97. The standard InChI is InChI=1S/C14H19NO2/c15-13-6-4-12(5-7-13)10-14(16)17-9-8-11-2-1-3-11/h4-7,11H,1-3,8-10,15H2. The molecule has 2 rings (SSSR count). The molecule has 0 saturated heterocycles. The number of hydrogen-bond donors (Lipinski definition) is 1. The van der Waals surface area contributed by atoms with Gasteiger partial charge in [0, 0.05) is 5.69 Å². The smallest absolute Gasteiger partial charge is 0.310 e. The molecule has 0 bridgehead atoms. The summed E-state index contributed by atoms with van der Waals surface area (Å²) >= 11 is 0. The molecule has 0 heterocycles. The molecule has 0 unspecified atom stereocenters. The zero-order valence-electron chi connectivity index (χ0n) is 10.0. The van der Waals surface area contributed by atoms with Gasteiger partial charge in [0.2, 0.25) is 0 Å². The third kappa shape index (κ3) is 3.77. The molecule has 0 atom stereocenters. The molecule has 17 heavy (non-hydrogen) atoms. The van der Waals surface area contributed by atoms with Crippen LogP contribution in [0.15, 0.2) is 24.3 Å². The summed E-state index contributed by atoms with van der Waals surface area (Å²) in [6.45, 7) is 0.568. The van der Waals surface area contributed by atoms with E-state index in [2.05, 4.69) is 0 Å². The Hall–Kier alpha value is -1.51. The van der Waals surface area contributed by atoms with Gasteiger partial charge in [0.05, 0.1) is 13.0 Å². The summed E-state index contributed by atoms with van der Waals surface area (Å²) in [5.74, 6) is 0.647. The second kappa shape index (κ2) is 5.71. The predicted molar refractivity (Wildman–Crippen MR) is 67.5 cm³/mol. The van der Waals surface area contributed by atoms with Crippen LogP contribution in [0, 0.1) is 5.92 Å². The van der Waals surface area contributed by atoms with E-state index in [1.165, 1.54) is 19.3 Å². The van der Waals surface area contributed by atoms with Gasteiger partial charge in [-0.15, -0.1) is 0 Å². The summed E-state index contributed by atoms with van der Waals surface area (Å²) in [6.07, 6.45) is 5.30. The van der Waals surface area contributed by atoms with Crippen LogP contribution in [-0.4, -0.2) is 12.6 Å². The summed E-state index contributed by atoms with van der Waals surface area (Å²) in [5.41, 5.74) is 7.24. The molecule has 3 nitrogen and oxygen atoms in total. The first-order chi connectivity index (χ1) is 8.24. The summed E-state index contributed by atoms with van der Waals surface area (Å²) in [4.78, 5) is 11.5. The molecule has 1 fully saturated rings. The molecule has 92 valence electrons. The number of nitrogens with two attached hydrogens (primary N) is 1. The first-order valence-electron chi connectivity index (χ1n) is 6.24. The van der Waals surface area contributed by atoms with Gasteiger partial charge in [-0.25, -0.2) is 0 Å². The topological polar surface area (TPSA) is 52.3 Å². The number of carbonyl (C=O) groups is 1. The van der Waals surface area contributed by atoms with Crippen molar-refractivity contribution in [2.75, 3.05) is 12.3 Å². The maximum atomic E-state index is 11.5.